The molecule has 25 heavy (non-hydrogen) atoms. The normalized spacial score (nSPS) is 16.2. The fraction of sp³-hybridized carbons (Fsp3) is 0.250. The van der Waals surface area contributed by atoms with E-state index >= 15 is 0 Å². The van der Waals surface area contributed by atoms with Crippen LogP contribution in [0.15, 0.2) is 30.6 Å². The predicted molar refractivity (Wildman–Crippen MR) is 88.6 cm³/mol. The first-order chi connectivity index (χ1) is 11.9. The van der Waals surface area contributed by atoms with Crippen molar-refractivity contribution >= 4 is 23.6 Å². The number of nitrogens with zero attached hydrogens (tertiary/aromatic N) is 5. The van der Waals surface area contributed by atoms with Crippen molar-refractivity contribution in [1.82, 2.24) is 9.78 Å². The molecule has 2 aromatic rings. The number of fused-ring (bicyclic) bond motifs is 1. The van der Waals surface area contributed by atoms with Gasteiger partial charge in [-0.25, -0.2) is 9.59 Å². The largest absolute Gasteiger partial charge is 0.465 e. The number of benzene rings is 1. The van der Waals surface area contributed by atoms with Crippen molar-refractivity contribution < 1.29 is 19.8 Å². The summed E-state index contributed by atoms with van der Waals surface area (Å²) in [6, 6.07) is 6.41. The van der Waals surface area contributed by atoms with Gasteiger partial charge in [0.15, 0.2) is 0 Å². The molecule has 0 radical (unpaired) electrons. The summed E-state index contributed by atoms with van der Waals surface area (Å²) in [5.74, 6) is 0. The van der Waals surface area contributed by atoms with Crippen molar-refractivity contribution in [1.29, 1.82) is 5.26 Å². The van der Waals surface area contributed by atoms with Gasteiger partial charge in [0.25, 0.3) is 0 Å². The smallest absolute Gasteiger partial charge is 0.412 e. The summed E-state index contributed by atoms with van der Waals surface area (Å²) in [4.78, 5) is 25.4. The maximum absolute atomic E-state index is 11.6. The molecule has 1 aliphatic rings. The van der Waals surface area contributed by atoms with Crippen LogP contribution in [-0.2, 0) is 6.54 Å². The lowest BCUT2D eigenvalue weighted by molar-refractivity contribution is 0.194. The van der Waals surface area contributed by atoms with Crippen LogP contribution in [0.25, 0.3) is 11.1 Å². The van der Waals surface area contributed by atoms with Gasteiger partial charge in [-0.15, -0.1) is 0 Å². The zero-order valence-electron chi connectivity index (χ0n) is 13.3. The van der Waals surface area contributed by atoms with E-state index in [2.05, 4.69) is 5.10 Å². The molecule has 1 aromatic carbocycles. The number of carboxylic acid groups (broad SMARTS) is 2. The van der Waals surface area contributed by atoms with Crippen molar-refractivity contribution in [2.45, 2.75) is 19.5 Å². The monoisotopic (exact) mass is 341 g/mol. The molecule has 9 nitrogen and oxygen atoms in total. The molecule has 2 N–H and O–H groups in total. The van der Waals surface area contributed by atoms with Gasteiger partial charge in [0.2, 0.25) is 0 Å². The SMILES string of the molecule is C[C@H]1CN(C(=O)O)c2cc(-c3cnn(CC#N)c3)ccc2N1C(=O)O. The van der Waals surface area contributed by atoms with E-state index in [-0.39, 0.29) is 13.1 Å². The first kappa shape index (κ1) is 16.3. The van der Waals surface area contributed by atoms with Gasteiger partial charge >= 0.3 is 12.2 Å². The first-order valence-electron chi connectivity index (χ1n) is 7.49. The van der Waals surface area contributed by atoms with E-state index < -0.39 is 18.2 Å². The lowest BCUT2D eigenvalue weighted by Crippen LogP contribution is -2.51. The fourth-order valence-corrected chi connectivity index (χ4v) is 2.95. The highest BCUT2D eigenvalue weighted by Crippen LogP contribution is 2.38. The molecule has 2 heterocycles. The summed E-state index contributed by atoms with van der Waals surface area (Å²) in [7, 11) is 0. The lowest BCUT2D eigenvalue weighted by Gasteiger charge is -2.38. The Morgan fingerprint density at radius 2 is 2.04 bits per heavy atom. The predicted octanol–water partition coefficient (Wildman–Crippen LogP) is 2.44. The third kappa shape index (κ3) is 2.85. The number of hydrogen-bond donors (Lipinski definition) is 2. The second kappa shape index (κ2) is 6.16. The number of hydrogen-bond acceptors (Lipinski definition) is 4. The molecule has 9 heteroatoms. The van der Waals surface area contributed by atoms with E-state index in [4.69, 9.17) is 5.26 Å². The third-order valence-corrected chi connectivity index (χ3v) is 4.05. The van der Waals surface area contributed by atoms with Gasteiger partial charge in [-0.1, -0.05) is 6.07 Å². The molecule has 1 aromatic heterocycles. The number of rotatable bonds is 2. The van der Waals surface area contributed by atoms with Crippen LogP contribution in [0.4, 0.5) is 21.0 Å². The minimum absolute atomic E-state index is 0.0474. The van der Waals surface area contributed by atoms with Crippen LogP contribution in [-0.4, -0.2) is 44.8 Å². The highest BCUT2D eigenvalue weighted by atomic mass is 16.4. The molecule has 0 saturated heterocycles. The van der Waals surface area contributed by atoms with Crippen molar-refractivity contribution in [3.63, 3.8) is 0 Å². The van der Waals surface area contributed by atoms with Gasteiger partial charge in [0.1, 0.15) is 6.54 Å². The van der Waals surface area contributed by atoms with Crippen LogP contribution in [0.2, 0.25) is 0 Å². The summed E-state index contributed by atoms with van der Waals surface area (Å²) in [5.41, 5.74) is 2.03. The van der Waals surface area contributed by atoms with E-state index in [0.29, 0.717) is 22.5 Å². The Kier molecular flexibility index (Phi) is 4.02. The molecule has 3 rings (SSSR count). The summed E-state index contributed by atoms with van der Waals surface area (Å²) < 4.78 is 1.47. The molecule has 0 saturated carbocycles. The molecule has 0 aliphatic carbocycles. The summed E-state index contributed by atoms with van der Waals surface area (Å²) in [5, 5.41) is 31.7. The molecule has 2 amide bonds. The zero-order chi connectivity index (χ0) is 18.1. The van der Waals surface area contributed by atoms with Crippen LogP contribution in [0, 0.1) is 11.3 Å². The minimum atomic E-state index is -1.14. The number of aromatic nitrogens is 2. The quantitative estimate of drug-likeness (QED) is 0.865. The lowest BCUT2D eigenvalue weighted by atomic mass is 10.0. The van der Waals surface area contributed by atoms with E-state index in [0.717, 1.165) is 9.80 Å². The minimum Gasteiger partial charge on any atom is -0.465 e. The molecule has 1 atom stereocenters. The zero-order valence-corrected chi connectivity index (χ0v) is 13.3. The second-order valence-corrected chi connectivity index (χ2v) is 5.68. The first-order valence-corrected chi connectivity index (χ1v) is 7.49. The highest BCUT2D eigenvalue weighted by molar-refractivity contribution is 6.00. The van der Waals surface area contributed by atoms with Gasteiger partial charge in [-0.2, -0.15) is 10.4 Å². The van der Waals surface area contributed by atoms with Gasteiger partial charge in [0, 0.05) is 11.8 Å². The number of anilines is 2. The molecule has 0 fully saturated rings. The standard InChI is InChI=1S/C16H15N5O4/c1-10-8-20(15(22)23)14-6-11(2-3-13(14)21(10)16(24)25)12-7-18-19(9-12)5-4-17/h2-3,6-7,9-10H,5,8H2,1H3,(H,22,23)(H,24,25)/t10-/m0/s1. The summed E-state index contributed by atoms with van der Waals surface area (Å²) in [6.07, 6.45) is 0.977. The number of amides is 2. The molecular weight excluding hydrogens is 326 g/mol. The third-order valence-electron chi connectivity index (χ3n) is 4.05. The van der Waals surface area contributed by atoms with Crippen LogP contribution in [0.5, 0.6) is 0 Å². The number of carbonyl (C=O) groups is 2. The van der Waals surface area contributed by atoms with Crippen molar-refractivity contribution in [2.24, 2.45) is 0 Å². The number of nitriles is 1. The molecule has 128 valence electrons. The van der Waals surface area contributed by atoms with E-state index in [1.165, 1.54) is 4.68 Å². The summed E-state index contributed by atoms with van der Waals surface area (Å²) in [6.45, 7) is 1.81. The Bertz CT molecular complexity index is 885. The van der Waals surface area contributed by atoms with Crippen LogP contribution >= 0.6 is 0 Å². The summed E-state index contributed by atoms with van der Waals surface area (Å²) >= 11 is 0. The Morgan fingerprint density at radius 1 is 1.28 bits per heavy atom. The van der Waals surface area contributed by atoms with Crippen molar-refractivity contribution in [3.05, 3.63) is 30.6 Å². The Hall–Kier alpha value is -3.54. The van der Waals surface area contributed by atoms with Gasteiger partial charge in [0.05, 0.1) is 36.2 Å². The van der Waals surface area contributed by atoms with E-state index in [1.54, 1.807) is 37.5 Å². The maximum atomic E-state index is 11.6. The van der Waals surface area contributed by atoms with E-state index in [1.807, 2.05) is 6.07 Å². The average Bonchev–Trinajstić information content (AvgIpc) is 3.02. The fourth-order valence-electron chi connectivity index (χ4n) is 2.95. The highest BCUT2D eigenvalue weighted by Gasteiger charge is 2.35. The van der Waals surface area contributed by atoms with Gasteiger partial charge < -0.3 is 10.2 Å². The maximum Gasteiger partial charge on any atom is 0.412 e. The van der Waals surface area contributed by atoms with Gasteiger partial charge in [-0.05, 0) is 24.6 Å². The van der Waals surface area contributed by atoms with Crippen molar-refractivity contribution in [2.75, 3.05) is 16.3 Å². The van der Waals surface area contributed by atoms with Crippen LogP contribution in [0.1, 0.15) is 6.92 Å². The Balaban J connectivity index is 2.09. The topological polar surface area (TPSA) is 123 Å². The van der Waals surface area contributed by atoms with Crippen molar-refractivity contribution in [3.8, 4) is 17.2 Å². The second-order valence-electron chi connectivity index (χ2n) is 5.68. The van der Waals surface area contributed by atoms with E-state index in [9.17, 15) is 19.8 Å². The van der Waals surface area contributed by atoms with Crippen LogP contribution in [0.3, 0.4) is 0 Å². The molecular formula is C16H15N5O4. The van der Waals surface area contributed by atoms with Crippen LogP contribution < -0.4 is 9.80 Å². The molecule has 1 aliphatic heterocycles. The molecule has 0 unspecified atom stereocenters. The average molecular weight is 341 g/mol. The molecule has 0 spiro atoms. The van der Waals surface area contributed by atoms with Gasteiger partial charge in [-0.3, -0.25) is 14.5 Å². The molecule has 0 bridgehead atoms. The Labute approximate surface area is 142 Å². The Morgan fingerprint density at radius 3 is 2.68 bits per heavy atom.